The molecule has 0 amide bonds. The molecule has 0 fully saturated rings. The van der Waals surface area contributed by atoms with E-state index in [1.54, 1.807) is 24.5 Å². The van der Waals surface area contributed by atoms with Crippen molar-refractivity contribution >= 4 is 26.0 Å². The summed E-state index contributed by atoms with van der Waals surface area (Å²) in [6.07, 6.45) is 4.01. The van der Waals surface area contributed by atoms with Gasteiger partial charge in [-0.25, -0.2) is 8.42 Å². The van der Waals surface area contributed by atoms with E-state index in [0.29, 0.717) is 24.4 Å². The van der Waals surface area contributed by atoms with Gasteiger partial charge in [0.05, 0.1) is 4.90 Å². The van der Waals surface area contributed by atoms with E-state index in [2.05, 4.69) is 20.9 Å². The first-order chi connectivity index (χ1) is 10.5. The van der Waals surface area contributed by atoms with E-state index < -0.39 is 10.0 Å². The molecule has 0 saturated carbocycles. The second-order valence-electron chi connectivity index (χ2n) is 4.89. The number of pyridine rings is 1. The number of aromatic nitrogens is 1. The maximum absolute atomic E-state index is 13.0. The van der Waals surface area contributed by atoms with Crippen molar-refractivity contribution in [3.63, 3.8) is 0 Å². The number of hydrogen-bond acceptors (Lipinski definition) is 3. The highest BCUT2D eigenvalue weighted by atomic mass is 79.9. The maximum Gasteiger partial charge on any atom is 0.243 e. The van der Waals surface area contributed by atoms with Crippen molar-refractivity contribution in [3.05, 3.63) is 58.3 Å². The number of benzene rings is 1. The van der Waals surface area contributed by atoms with Gasteiger partial charge in [0.15, 0.2) is 0 Å². The van der Waals surface area contributed by atoms with Gasteiger partial charge in [-0.05, 0) is 47.9 Å². The predicted molar refractivity (Wildman–Crippen MR) is 91.0 cm³/mol. The summed E-state index contributed by atoms with van der Waals surface area (Å²) in [6, 6.07) is 8.98. The van der Waals surface area contributed by atoms with Crippen molar-refractivity contribution in [1.82, 2.24) is 9.29 Å². The molecular formula is C16H19BrN2O2S. The van der Waals surface area contributed by atoms with E-state index in [9.17, 15) is 8.42 Å². The first kappa shape index (κ1) is 17.1. The number of hydrogen-bond donors (Lipinski definition) is 0. The zero-order valence-electron chi connectivity index (χ0n) is 12.7. The van der Waals surface area contributed by atoms with Gasteiger partial charge in [0.25, 0.3) is 0 Å². The van der Waals surface area contributed by atoms with Gasteiger partial charge >= 0.3 is 0 Å². The molecule has 1 heterocycles. The van der Waals surface area contributed by atoms with Crippen molar-refractivity contribution in [1.29, 1.82) is 0 Å². The van der Waals surface area contributed by atoms with Crippen molar-refractivity contribution in [2.24, 2.45) is 0 Å². The molecule has 0 N–H and O–H groups in total. The topological polar surface area (TPSA) is 50.3 Å². The van der Waals surface area contributed by atoms with Crippen molar-refractivity contribution < 1.29 is 8.42 Å². The SMILES string of the molecule is CCc1cc(Br)ccc1S(=O)(=O)N(CC)Cc1ccncc1. The van der Waals surface area contributed by atoms with E-state index in [1.165, 1.54) is 4.31 Å². The van der Waals surface area contributed by atoms with Gasteiger partial charge in [0.2, 0.25) is 10.0 Å². The van der Waals surface area contributed by atoms with E-state index in [1.807, 2.05) is 32.0 Å². The van der Waals surface area contributed by atoms with E-state index in [0.717, 1.165) is 15.6 Å². The van der Waals surface area contributed by atoms with Gasteiger partial charge in [0, 0.05) is 30.0 Å². The highest BCUT2D eigenvalue weighted by molar-refractivity contribution is 9.10. The van der Waals surface area contributed by atoms with Gasteiger partial charge in [-0.15, -0.1) is 0 Å². The van der Waals surface area contributed by atoms with Crippen LogP contribution in [-0.4, -0.2) is 24.3 Å². The summed E-state index contributed by atoms with van der Waals surface area (Å²) in [5.41, 5.74) is 1.75. The maximum atomic E-state index is 13.0. The highest BCUT2D eigenvalue weighted by Gasteiger charge is 2.25. The smallest absolute Gasteiger partial charge is 0.243 e. The fourth-order valence-electron chi connectivity index (χ4n) is 2.27. The molecule has 2 rings (SSSR count). The molecule has 0 saturated heterocycles. The third-order valence-electron chi connectivity index (χ3n) is 3.48. The van der Waals surface area contributed by atoms with Crippen LogP contribution in [0.15, 0.2) is 52.1 Å². The molecule has 6 heteroatoms. The van der Waals surface area contributed by atoms with Gasteiger partial charge in [-0.3, -0.25) is 4.98 Å². The molecule has 0 aliphatic rings. The molecule has 0 atom stereocenters. The Kier molecular flexibility index (Phi) is 5.72. The Bertz CT molecular complexity index is 733. The highest BCUT2D eigenvalue weighted by Crippen LogP contribution is 2.25. The standard InChI is InChI=1S/C16H19BrN2O2S/c1-3-14-11-15(17)5-6-16(14)22(20,21)19(4-2)12-13-7-9-18-10-8-13/h5-11H,3-4,12H2,1-2H3. The lowest BCUT2D eigenvalue weighted by Crippen LogP contribution is -2.31. The summed E-state index contributed by atoms with van der Waals surface area (Å²) >= 11 is 3.40. The average molecular weight is 383 g/mol. The second kappa shape index (κ2) is 7.35. The molecule has 0 aliphatic carbocycles. The fourth-order valence-corrected chi connectivity index (χ4v) is 4.39. The largest absolute Gasteiger partial charge is 0.265 e. The summed E-state index contributed by atoms with van der Waals surface area (Å²) in [4.78, 5) is 4.35. The molecule has 22 heavy (non-hydrogen) atoms. The first-order valence-corrected chi connectivity index (χ1v) is 9.39. The molecule has 4 nitrogen and oxygen atoms in total. The summed E-state index contributed by atoms with van der Waals surface area (Å²) in [5.74, 6) is 0. The van der Waals surface area contributed by atoms with Gasteiger partial charge < -0.3 is 0 Å². The van der Waals surface area contributed by atoms with E-state index in [4.69, 9.17) is 0 Å². The van der Waals surface area contributed by atoms with Crippen LogP contribution >= 0.6 is 15.9 Å². The van der Waals surface area contributed by atoms with Crippen LogP contribution in [0.5, 0.6) is 0 Å². The number of nitrogens with zero attached hydrogens (tertiary/aromatic N) is 2. The minimum Gasteiger partial charge on any atom is -0.265 e. The van der Waals surface area contributed by atoms with Crippen LogP contribution in [0.2, 0.25) is 0 Å². The zero-order valence-corrected chi connectivity index (χ0v) is 15.1. The third kappa shape index (κ3) is 3.74. The van der Waals surface area contributed by atoms with Crippen LogP contribution in [0.3, 0.4) is 0 Å². The summed E-state index contributed by atoms with van der Waals surface area (Å²) in [5, 5.41) is 0. The third-order valence-corrected chi connectivity index (χ3v) is 6.00. The molecule has 0 aliphatic heterocycles. The lowest BCUT2D eigenvalue weighted by Gasteiger charge is -2.22. The lowest BCUT2D eigenvalue weighted by atomic mass is 10.2. The minimum absolute atomic E-state index is 0.348. The van der Waals surface area contributed by atoms with E-state index >= 15 is 0 Å². The van der Waals surface area contributed by atoms with Crippen LogP contribution in [0, 0.1) is 0 Å². The molecule has 0 spiro atoms. The number of halogens is 1. The lowest BCUT2D eigenvalue weighted by molar-refractivity contribution is 0.422. The quantitative estimate of drug-likeness (QED) is 0.766. The van der Waals surface area contributed by atoms with E-state index in [-0.39, 0.29) is 0 Å². The minimum atomic E-state index is -3.52. The van der Waals surface area contributed by atoms with Gasteiger partial charge in [-0.1, -0.05) is 29.8 Å². The van der Waals surface area contributed by atoms with Crippen molar-refractivity contribution in [2.45, 2.75) is 31.7 Å². The van der Waals surface area contributed by atoms with Crippen molar-refractivity contribution in [2.75, 3.05) is 6.54 Å². The average Bonchev–Trinajstić information content (AvgIpc) is 2.53. The molecule has 0 unspecified atom stereocenters. The summed E-state index contributed by atoms with van der Waals surface area (Å²) in [6.45, 7) is 4.58. The predicted octanol–water partition coefficient (Wildman–Crippen LogP) is 3.62. The van der Waals surface area contributed by atoms with Crippen LogP contribution in [-0.2, 0) is 23.0 Å². The Hall–Kier alpha value is -1.24. The molecular weight excluding hydrogens is 364 g/mol. The molecule has 118 valence electrons. The summed E-state index contributed by atoms with van der Waals surface area (Å²) in [7, 11) is -3.52. The normalized spacial score (nSPS) is 11.8. The Morgan fingerprint density at radius 3 is 2.41 bits per heavy atom. The molecule has 1 aromatic carbocycles. The Labute approximate surface area is 140 Å². The Morgan fingerprint density at radius 1 is 1.14 bits per heavy atom. The molecule has 1 aromatic heterocycles. The van der Waals surface area contributed by atoms with Crippen LogP contribution < -0.4 is 0 Å². The second-order valence-corrected chi connectivity index (χ2v) is 7.71. The molecule has 0 radical (unpaired) electrons. The monoisotopic (exact) mass is 382 g/mol. The number of aryl methyl sites for hydroxylation is 1. The summed E-state index contributed by atoms with van der Waals surface area (Å²) < 4.78 is 28.3. The van der Waals surface area contributed by atoms with Crippen LogP contribution in [0.4, 0.5) is 0 Å². The number of rotatable bonds is 6. The fraction of sp³-hybridized carbons (Fsp3) is 0.312. The molecule has 2 aromatic rings. The van der Waals surface area contributed by atoms with Crippen molar-refractivity contribution in [3.8, 4) is 0 Å². The Balaban J connectivity index is 2.39. The van der Waals surface area contributed by atoms with Crippen LogP contribution in [0.1, 0.15) is 25.0 Å². The van der Waals surface area contributed by atoms with Gasteiger partial charge in [0.1, 0.15) is 0 Å². The first-order valence-electron chi connectivity index (χ1n) is 7.16. The van der Waals surface area contributed by atoms with Gasteiger partial charge in [-0.2, -0.15) is 4.31 Å². The molecule has 0 bridgehead atoms. The van der Waals surface area contributed by atoms with Crippen LogP contribution in [0.25, 0.3) is 0 Å². The zero-order chi connectivity index (χ0) is 16.2. The Morgan fingerprint density at radius 2 is 1.82 bits per heavy atom. The number of sulfonamides is 1.